The lowest BCUT2D eigenvalue weighted by molar-refractivity contribution is -0.152. The van der Waals surface area contributed by atoms with Crippen LogP contribution in [0.1, 0.15) is 37.5 Å². The van der Waals surface area contributed by atoms with Gasteiger partial charge >= 0.3 is 19.7 Å². The molecule has 1 aromatic heterocycles. The lowest BCUT2D eigenvalue weighted by Crippen LogP contribution is -2.48. The van der Waals surface area contributed by atoms with Gasteiger partial charge in [0.2, 0.25) is 0 Å². The Kier molecular flexibility index (Phi) is 8.61. The minimum absolute atomic E-state index is 0.0142. The Hall–Kier alpha value is -2.32. The summed E-state index contributed by atoms with van der Waals surface area (Å²) < 4.78 is 75.6. The molecule has 2 heterocycles. The third-order valence-corrected chi connectivity index (χ3v) is 6.77. The number of hydrogen-bond acceptors (Lipinski definition) is 10. The van der Waals surface area contributed by atoms with Crippen LogP contribution in [0.4, 0.5) is 19.0 Å². The van der Waals surface area contributed by atoms with Crippen LogP contribution in [-0.2, 0) is 35.8 Å². The van der Waals surface area contributed by atoms with Crippen molar-refractivity contribution in [3.05, 3.63) is 58.1 Å². The van der Waals surface area contributed by atoms with Gasteiger partial charge in [-0.2, -0.15) is 18.2 Å². The SMILES string of the molecule is CC(C)(O)[C@H](O)[C@@H](COP1(=O)OCCC(c2ccccc2C(F)(F)F)O1)OCn1ccc(N)nc1=O. The highest BCUT2D eigenvalue weighted by Crippen LogP contribution is 2.57. The van der Waals surface area contributed by atoms with E-state index in [1.807, 2.05) is 0 Å². The van der Waals surface area contributed by atoms with Crippen molar-refractivity contribution >= 4 is 13.6 Å². The first-order valence-corrected chi connectivity index (χ1v) is 12.2. The molecule has 0 amide bonds. The van der Waals surface area contributed by atoms with Crippen LogP contribution >= 0.6 is 7.82 Å². The Morgan fingerprint density at radius 2 is 2.00 bits per heavy atom. The molecule has 0 aliphatic carbocycles. The number of nitrogens with two attached hydrogens (primary N) is 1. The summed E-state index contributed by atoms with van der Waals surface area (Å²) in [5.74, 6) is -0.0148. The topological polar surface area (TPSA) is 155 Å². The van der Waals surface area contributed by atoms with Crippen LogP contribution in [0.25, 0.3) is 0 Å². The van der Waals surface area contributed by atoms with Gasteiger partial charge in [-0.25, -0.2) is 9.36 Å². The molecule has 1 aromatic carbocycles. The van der Waals surface area contributed by atoms with Crippen molar-refractivity contribution < 1.29 is 46.3 Å². The van der Waals surface area contributed by atoms with E-state index in [9.17, 15) is 32.7 Å². The third kappa shape index (κ3) is 7.13. The van der Waals surface area contributed by atoms with E-state index >= 15 is 0 Å². The molecular weight excluding hydrogens is 510 g/mol. The number of nitrogen functional groups attached to an aromatic ring is 1. The summed E-state index contributed by atoms with van der Waals surface area (Å²) in [7, 11) is -4.40. The average molecular weight is 537 g/mol. The monoisotopic (exact) mass is 537 g/mol. The summed E-state index contributed by atoms with van der Waals surface area (Å²) in [5.41, 5.74) is 1.82. The van der Waals surface area contributed by atoms with Crippen molar-refractivity contribution in [2.24, 2.45) is 0 Å². The minimum Gasteiger partial charge on any atom is -0.388 e. The molecule has 0 bridgehead atoms. The summed E-state index contributed by atoms with van der Waals surface area (Å²) in [6, 6.07) is 6.06. The maximum atomic E-state index is 13.4. The molecule has 1 aliphatic rings. The highest BCUT2D eigenvalue weighted by atomic mass is 31.2. The molecule has 11 nitrogen and oxygen atoms in total. The van der Waals surface area contributed by atoms with Gasteiger partial charge in [0.25, 0.3) is 0 Å². The smallest absolute Gasteiger partial charge is 0.388 e. The number of rotatable bonds is 9. The molecule has 1 saturated heterocycles. The van der Waals surface area contributed by atoms with Gasteiger partial charge in [-0.3, -0.25) is 18.1 Å². The zero-order chi connectivity index (χ0) is 26.7. The molecule has 0 saturated carbocycles. The Balaban J connectivity index is 1.75. The maximum absolute atomic E-state index is 13.4. The van der Waals surface area contributed by atoms with Gasteiger partial charge in [-0.1, -0.05) is 18.2 Å². The number of halogens is 3. The fraction of sp³-hybridized carbons (Fsp3) is 0.524. The first kappa shape index (κ1) is 28.3. The molecule has 1 aliphatic heterocycles. The van der Waals surface area contributed by atoms with E-state index in [1.165, 1.54) is 44.3 Å². The van der Waals surface area contributed by atoms with Gasteiger partial charge < -0.3 is 20.7 Å². The third-order valence-electron chi connectivity index (χ3n) is 5.30. The zero-order valence-electron chi connectivity index (χ0n) is 19.4. The van der Waals surface area contributed by atoms with Crippen molar-refractivity contribution in [1.29, 1.82) is 0 Å². The van der Waals surface area contributed by atoms with Crippen molar-refractivity contribution in [2.45, 2.75) is 57.1 Å². The second-order valence-corrected chi connectivity index (χ2v) is 10.2. The fourth-order valence-corrected chi connectivity index (χ4v) is 4.78. The number of phosphoric acid groups is 1. The van der Waals surface area contributed by atoms with E-state index in [4.69, 9.17) is 24.0 Å². The lowest BCUT2D eigenvalue weighted by atomic mass is 9.97. The Labute approximate surface area is 204 Å². The quantitative estimate of drug-likeness (QED) is 0.407. The minimum atomic E-state index is -4.66. The highest BCUT2D eigenvalue weighted by Gasteiger charge is 2.42. The lowest BCUT2D eigenvalue weighted by Gasteiger charge is -2.34. The average Bonchev–Trinajstić information content (AvgIpc) is 2.78. The molecule has 2 aromatic rings. The van der Waals surface area contributed by atoms with E-state index < -0.39 is 62.5 Å². The number of anilines is 1. The number of ether oxygens (including phenoxy) is 1. The van der Waals surface area contributed by atoms with Crippen molar-refractivity contribution in [2.75, 3.05) is 18.9 Å². The number of nitrogens with zero attached hydrogens (tertiary/aromatic N) is 2. The number of aromatic nitrogens is 2. The number of benzene rings is 1. The summed E-state index contributed by atoms with van der Waals surface area (Å²) in [6.07, 6.45) is -7.59. The van der Waals surface area contributed by atoms with Gasteiger partial charge in [-0.15, -0.1) is 0 Å². The van der Waals surface area contributed by atoms with Crippen LogP contribution in [0.15, 0.2) is 41.3 Å². The number of aliphatic hydroxyl groups excluding tert-OH is 1. The summed E-state index contributed by atoms with van der Waals surface area (Å²) in [6.45, 7) is 1.24. The fourth-order valence-electron chi connectivity index (χ4n) is 3.39. The first-order chi connectivity index (χ1) is 16.7. The summed E-state index contributed by atoms with van der Waals surface area (Å²) in [5, 5.41) is 20.8. The van der Waals surface area contributed by atoms with E-state index in [-0.39, 0.29) is 24.4 Å². The summed E-state index contributed by atoms with van der Waals surface area (Å²) >= 11 is 0. The van der Waals surface area contributed by atoms with Crippen molar-refractivity contribution in [3.8, 4) is 0 Å². The van der Waals surface area contributed by atoms with Gasteiger partial charge in [0, 0.05) is 12.6 Å². The molecule has 0 radical (unpaired) electrons. The molecule has 2 unspecified atom stereocenters. The van der Waals surface area contributed by atoms with Crippen molar-refractivity contribution in [1.82, 2.24) is 9.55 Å². The Morgan fingerprint density at radius 1 is 1.31 bits per heavy atom. The van der Waals surface area contributed by atoms with Crippen LogP contribution in [0.2, 0.25) is 0 Å². The highest BCUT2D eigenvalue weighted by molar-refractivity contribution is 7.48. The predicted octanol–water partition coefficient (Wildman–Crippen LogP) is 2.62. The number of aliphatic hydroxyl groups is 2. The molecular formula is C21H27F3N3O8P. The maximum Gasteiger partial charge on any atom is 0.475 e. The molecule has 36 heavy (non-hydrogen) atoms. The van der Waals surface area contributed by atoms with Gasteiger partial charge in [0.15, 0.2) is 0 Å². The van der Waals surface area contributed by atoms with E-state index in [2.05, 4.69) is 4.98 Å². The second kappa shape index (κ2) is 11.0. The summed E-state index contributed by atoms with van der Waals surface area (Å²) in [4.78, 5) is 15.5. The number of alkyl halides is 3. The Bertz CT molecular complexity index is 1150. The zero-order valence-corrected chi connectivity index (χ0v) is 20.3. The Morgan fingerprint density at radius 3 is 2.64 bits per heavy atom. The largest absolute Gasteiger partial charge is 0.475 e. The van der Waals surface area contributed by atoms with Gasteiger partial charge in [-0.05, 0) is 31.5 Å². The molecule has 15 heteroatoms. The standard InChI is InChI=1S/C21H27F3N3O8P/c1-20(2,30)18(28)16(32-12-27-9-7-17(25)26-19(27)29)11-34-36(31)33-10-8-15(35-36)13-5-3-4-6-14(13)21(22,23)24/h3-7,9,15-16,18,28,30H,8,10-12H2,1-2H3,(H2,25,26,29)/t15?,16-,18-,36?/m1/s1. The van der Waals surface area contributed by atoms with Crippen LogP contribution in [0.5, 0.6) is 0 Å². The van der Waals surface area contributed by atoms with E-state index in [0.29, 0.717) is 0 Å². The molecule has 4 atom stereocenters. The van der Waals surface area contributed by atoms with Gasteiger partial charge in [0.1, 0.15) is 24.8 Å². The van der Waals surface area contributed by atoms with Crippen LogP contribution in [0, 0.1) is 0 Å². The van der Waals surface area contributed by atoms with Crippen LogP contribution in [-0.4, -0.2) is 50.8 Å². The normalized spacial score (nSPS) is 22.8. The predicted molar refractivity (Wildman–Crippen MR) is 119 cm³/mol. The van der Waals surface area contributed by atoms with E-state index in [1.54, 1.807) is 0 Å². The molecule has 4 N–H and O–H groups in total. The van der Waals surface area contributed by atoms with Gasteiger partial charge in [0.05, 0.1) is 30.5 Å². The second-order valence-electron chi connectivity index (χ2n) is 8.58. The number of hydrogen-bond donors (Lipinski definition) is 3. The first-order valence-electron chi connectivity index (χ1n) is 10.8. The van der Waals surface area contributed by atoms with Crippen LogP contribution < -0.4 is 11.4 Å². The van der Waals surface area contributed by atoms with Crippen molar-refractivity contribution in [3.63, 3.8) is 0 Å². The molecule has 200 valence electrons. The number of phosphoric ester groups is 1. The van der Waals surface area contributed by atoms with Crippen LogP contribution in [0.3, 0.4) is 0 Å². The molecule has 0 spiro atoms. The molecule has 1 fully saturated rings. The van der Waals surface area contributed by atoms with E-state index in [0.717, 1.165) is 10.6 Å². The molecule has 3 rings (SSSR count).